The van der Waals surface area contributed by atoms with E-state index in [-0.39, 0.29) is 18.1 Å². The minimum absolute atomic E-state index is 0.0747. The molecular formula is C13H18ClNO4S. The molecule has 1 aromatic carbocycles. The molecule has 20 heavy (non-hydrogen) atoms. The lowest BCUT2D eigenvalue weighted by atomic mass is 10.1. The van der Waals surface area contributed by atoms with Crippen LogP contribution in [0, 0.1) is 0 Å². The number of halogens is 1. The van der Waals surface area contributed by atoms with Crippen LogP contribution in [-0.2, 0) is 16.4 Å². The van der Waals surface area contributed by atoms with Crippen molar-refractivity contribution in [3.63, 3.8) is 0 Å². The first-order chi connectivity index (χ1) is 9.41. The molecule has 0 aromatic heterocycles. The molecule has 1 heterocycles. The van der Waals surface area contributed by atoms with Gasteiger partial charge in [0.25, 0.3) is 0 Å². The van der Waals surface area contributed by atoms with Gasteiger partial charge in [-0.2, -0.15) is 0 Å². The summed E-state index contributed by atoms with van der Waals surface area (Å²) in [5.74, 6) is -0.288. The van der Waals surface area contributed by atoms with E-state index in [1.807, 2.05) is 12.1 Å². The Bertz CT molecular complexity index is 563. The van der Waals surface area contributed by atoms with Gasteiger partial charge in [-0.15, -0.1) is 0 Å². The van der Waals surface area contributed by atoms with Gasteiger partial charge in [-0.05, 0) is 17.7 Å². The number of aliphatic hydroxyl groups excluding tert-OH is 2. The summed E-state index contributed by atoms with van der Waals surface area (Å²) in [4.78, 5) is 1.79. The van der Waals surface area contributed by atoms with E-state index in [4.69, 9.17) is 16.7 Å². The SMILES string of the molecule is O=S1(=O)C[C@@H](O)[C@H](N(CCO)Cc2cccc(Cl)c2)C1. The van der Waals surface area contributed by atoms with Crippen molar-refractivity contribution >= 4 is 21.4 Å². The highest BCUT2D eigenvalue weighted by molar-refractivity contribution is 7.91. The number of hydrogen-bond acceptors (Lipinski definition) is 5. The number of rotatable bonds is 5. The maximum Gasteiger partial charge on any atom is 0.154 e. The quantitative estimate of drug-likeness (QED) is 0.816. The number of sulfone groups is 1. The fourth-order valence-corrected chi connectivity index (χ4v) is 4.56. The number of hydrogen-bond donors (Lipinski definition) is 2. The van der Waals surface area contributed by atoms with Gasteiger partial charge in [0.2, 0.25) is 0 Å². The van der Waals surface area contributed by atoms with Crippen LogP contribution in [0.2, 0.25) is 5.02 Å². The summed E-state index contributed by atoms with van der Waals surface area (Å²) in [5.41, 5.74) is 0.919. The van der Waals surface area contributed by atoms with Crippen LogP contribution in [0.3, 0.4) is 0 Å². The van der Waals surface area contributed by atoms with Crippen LogP contribution >= 0.6 is 11.6 Å². The Labute approximate surface area is 123 Å². The predicted octanol–water partition coefficient (Wildman–Crippen LogP) is 0.292. The Kier molecular flexibility index (Phi) is 5.04. The molecule has 1 aliphatic rings. The van der Waals surface area contributed by atoms with Gasteiger partial charge in [0.1, 0.15) is 0 Å². The van der Waals surface area contributed by atoms with Crippen LogP contribution in [-0.4, -0.2) is 60.3 Å². The highest BCUT2D eigenvalue weighted by Crippen LogP contribution is 2.21. The second-order valence-corrected chi connectivity index (χ2v) is 7.63. The minimum atomic E-state index is -3.21. The van der Waals surface area contributed by atoms with E-state index in [9.17, 15) is 13.5 Å². The summed E-state index contributed by atoms with van der Waals surface area (Å²) in [7, 11) is -3.21. The molecule has 1 fully saturated rings. The van der Waals surface area contributed by atoms with Gasteiger partial charge in [0.15, 0.2) is 9.84 Å². The van der Waals surface area contributed by atoms with Crippen LogP contribution in [0.25, 0.3) is 0 Å². The molecule has 0 unspecified atom stereocenters. The second kappa shape index (κ2) is 6.41. The van der Waals surface area contributed by atoms with Crippen molar-refractivity contribution in [3.05, 3.63) is 34.9 Å². The molecular weight excluding hydrogens is 302 g/mol. The van der Waals surface area contributed by atoms with E-state index >= 15 is 0 Å². The minimum Gasteiger partial charge on any atom is -0.395 e. The highest BCUT2D eigenvalue weighted by Gasteiger charge is 2.39. The zero-order chi connectivity index (χ0) is 14.8. The Morgan fingerprint density at radius 2 is 2.10 bits per heavy atom. The van der Waals surface area contributed by atoms with Crippen LogP contribution in [0.5, 0.6) is 0 Å². The second-order valence-electron chi connectivity index (χ2n) is 5.04. The third-order valence-corrected chi connectivity index (χ3v) is 5.36. The molecule has 0 spiro atoms. The van der Waals surface area contributed by atoms with E-state index in [0.29, 0.717) is 18.1 Å². The molecule has 2 rings (SSSR count). The largest absolute Gasteiger partial charge is 0.395 e. The van der Waals surface area contributed by atoms with Crippen molar-refractivity contribution in [1.82, 2.24) is 4.90 Å². The first-order valence-electron chi connectivity index (χ1n) is 6.39. The van der Waals surface area contributed by atoms with Crippen molar-refractivity contribution in [2.75, 3.05) is 24.7 Å². The summed E-state index contributed by atoms with van der Waals surface area (Å²) in [5, 5.41) is 19.7. The number of benzene rings is 1. The molecule has 7 heteroatoms. The molecule has 0 saturated carbocycles. The standard InChI is InChI=1S/C13H18ClNO4S/c14-11-3-1-2-10(6-11)7-15(4-5-16)12-8-20(18,19)9-13(12)17/h1-3,6,12-13,16-17H,4-5,7-9H2/t12-,13-/m1/s1. The van der Waals surface area contributed by atoms with Crippen molar-refractivity contribution < 1.29 is 18.6 Å². The average molecular weight is 320 g/mol. The van der Waals surface area contributed by atoms with Crippen LogP contribution in [0.15, 0.2) is 24.3 Å². The molecule has 0 bridgehead atoms. The monoisotopic (exact) mass is 319 g/mol. The third-order valence-electron chi connectivity index (χ3n) is 3.42. The lowest BCUT2D eigenvalue weighted by molar-refractivity contribution is 0.0655. The van der Waals surface area contributed by atoms with E-state index < -0.39 is 22.0 Å². The van der Waals surface area contributed by atoms with Gasteiger partial charge in [0, 0.05) is 18.1 Å². The number of aliphatic hydroxyl groups is 2. The molecule has 0 amide bonds. The third kappa shape index (κ3) is 3.93. The first-order valence-corrected chi connectivity index (χ1v) is 8.59. The van der Waals surface area contributed by atoms with E-state index in [0.717, 1.165) is 5.56 Å². The Morgan fingerprint density at radius 1 is 1.35 bits per heavy atom. The molecule has 0 radical (unpaired) electrons. The molecule has 2 atom stereocenters. The van der Waals surface area contributed by atoms with Gasteiger partial charge >= 0.3 is 0 Å². The fourth-order valence-electron chi connectivity index (χ4n) is 2.52. The first kappa shape index (κ1) is 15.7. The lowest BCUT2D eigenvalue weighted by Crippen LogP contribution is -2.44. The maximum atomic E-state index is 11.6. The zero-order valence-corrected chi connectivity index (χ0v) is 12.5. The summed E-state index contributed by atoms with van der Waals surface area (Å²) < 4.78 is 23.2. The van der Waals surface area contributed by atoms with E-state index in [1.165, 1.54) is 0 Å². The lowest BCUT2D eigenvalue weighted by Gasteiger charge is -2.29. The van der Waals surface area contributed by atoms with Crippen molar-refractivity contribution in [3.8, 4) is 0 Å². The van der Waals surface area contributed by atoms with Gasteiger partial charge < -0.3 is 10.2 Å². The molecule has 1 saturated heterocycles. The molecule has 1 aromatic rings. The van der Waals surface area contributed by atoms with Gasteiger partial charge in [-0.1, -0.05) is 23.7 Å². The Morgan fingerprint density at radius 3 is 2.65 bits per heavy atom. The number of nitrogens with zero attached hydrogens (tertiary/aromatic N) is 1. The maximum absolute atomic E-state index is 11.6. The summed E-state index contributed by atoms with van der Waals surface area (Å²) >= 11 is 5.93. The van der Waals surface area contributed by atoms with Crippen LogP contribution in [0.1, 0.15) is 5.56 Å². The summed E-state index contributed by atoms with van der Waals surface area (Å²) in [6, 6.07) is 6.77. The Balaban J connectivity index is 2.15. The topological polar surface area (TPSA) is 77.8 Å². The van der Waals surface area contributed by atoms with Crippen molar-refractivity contribution in [1.29, 1.82) is 0 Å². The van der Waals surface area contributed by atoms with E-state index in [1.54, 1.807) is 17.0 Å². The van der Waals surface area contributed by atoms with Gasteiger partial charge in [-0.3, -0.25) is 4.90 Å². The summed E-state index contributed by atoms with van der Waals surface area (Å²) in [6.45, 7) is 0.659. The molecule has 1 aliphatic heterocycles. The van der Waals surface area contributed by atoms with Crippen LogP contribution in [0.4, 0.5) is 0 Å². The molecule has 0 aliphatic carbocycles. The van der Waals surface area contributed by atoms with Crippen LogP contribution < -0.4 is 0 Å². The summed E-state index contributed by atoms with van der Waals surface area (Å²) in [6.07, 6.45) is -0.911. The highest BCUT2D eigenvalue weighted by atomic mass is 35.5. The van der Waals surface area contributed by atoms with Crippen molar-refractivity contribution in [2.24, 2.45) is 0 Å². The Hall–Kier alpha value is -0.660. The van der Waals surface area contributed by atoms with Gasteiger partial charge in [0.05, 0.1) is 30.3 Å². The normalized spacial score (nSPS) is 25.2. The predicted molar refractivity (Wildman–Crippen MR) is 77.4 cm³/mol. The zero-order valence-electron chi connectivity index (χ0n) is 10.9. The van der Waals surface area contributed by atoms with Crippen molar-refractivity contribution in [2.45, 2.75) is 18.7 Å². The molecule has 2 N–H and O–H groups in total. The molecule has 5 nitrogen and oxygen atoms in total. The van der Waals surface area contributed by atoms with Gasteiger partial charge in [-0.25, -0.2) is 8.42 Å². The molecule has 112 valence electrons. The fraction of sp³-hybridized carbons (Fsp3) is 0.538. The average Bonchev–Trinajstić information content (AvgIpc) is 2.62. The van der Waals surface area contributed by atoms with E-state index in [2.05, 4.69) is 0 Å². The smallest absolute Gasteiger partial charge is 0.154 e.